The highest BCUT2D eigenvalue weighted by Gasteiger charge is 2.29. The largest absolute Gasteiger partial charge is 0.497 e. The van der Waals surface area contributed by atoms with Crippen LogP contribution in [-0.2, 0) is 13.1 Å². The van der Waals surface area contributed by atoms with Gasteiger partial charge in [0, 0.05) is 25.7 Å². The summed E-state index contributed by atoms with van der Waals surface area (Å²) in [7, 11) is 3.51. The lowest BCUT2D eigenvalue weighted by Crippen LogP contribution is -2.34. The fourth-order valence-corrected chi connectivity index (χ4v) is 8.17. The molecule has 0 aliphatic heterocycles. The van der Waals surface area contributed by atoms with Gasteiger partial charge in [0.15, 0.2) is 0 Å². The zero-order valence-corrected chi connectivity index (χ0v) is 30.0. The molecule has 0 heterocycles. The van der Waals surface area contributed by atoms with E-state index in [0.717, 1.165) is 42.5 Å². The van der Waals surface area contributed by atoms with E-state index in [2.05, 4.69) is 65.3 Å². The minimum absolute atomic E-state index is 0.763. The van der Waals surface area contributed by atoms with Gasteiger partial charge in [0.2, 0.25) is 0 Å². The van der Waals surface area contributed by atoms with E-state index in [4.69, 9.17) is 9.47 Å². The second-order valence-corrected chi connectivity index (χ2v) is 14.7. The molecule has 0 radical (unpaired) electrons. The molecule has 2 atom stereocenters. The Balaban J connectivity index is 1.14. The number of benzene rings is 2. The third kappa shape index (κ3) is 13.6. The molecule has 46 heavy (non-hydrogen) atoms. The lowest BCUT2D eigenvalue weighted by Gasteiger charge is -2.30. The predicted molar refractivity (Wildman–Crippen MR) is 196 cm³/mol. The summed E-state index contributed by atoms with van der Waals surface area (Å²) in [4.78, 5) is 5.59. The smallest absolute Gasteiger partial charge is 0.118 e. The van der Waals surface area contributed by atoms with Crippen molar-refractivity contribution in [1.82, 2.24) is 9.80 Å². The van der Waals surface area contributed by atoms with E-state index >= 15 is 0 Å². The first-order chi connectivity index (χ1) is 22.7. The quantitative estimate of drug-likeness (QED) is 0.114. The van der Waals surface area contributed by atoms with Crippen molar-refractivity contribution in [1.29, 1.82) is 0 Å². The van der Waals surface area contributed by atoms with Gasteiger partial charge in [-0.15, -0.1) is 0 Å². The molecule has 4 nitrogen and oxygen atoms in total. The highest BCUT2D eigenvalue weighted by Crippen LogP contribution is 2.34. The third-order valence-electron chi connectivity index (χ3n) is 11.0. The summed E-state index contributed by atoms with van der Waals surface area (Å²) in [5.41, 5.74) is 2.85. The van der Waals surface area contributed by atoms with Crippen molar-refractivity contribution in [3.63, 3.8) is 0 Å². The van der Waals surface area contributed by atoms with E-state index in [1.165, 1.54) is 153 Å². The van der Waals surface area contributed by atoms with Crippen LogP contribution in [0.25, 0.3) is 0 Å². The van der Waals surface area contributed by atoms with Crippen LogP contribution in [0.5, 0.6) is 11.5 Å². The van der Waals surface area contributed by atoms with Crippen molar-refractivity contribution in [2.45, 2.75) is 148 Å². The number of nitrogens with zero attached hydrogens (tertiary/aromatic N) is 2. The van der Waals surface area contributed by atoms with Gasteiger partial charge < -0.3 is 9.47 Å². The van der Waals surface area contributed by atoms with Crippen LogP contribution in [0, 0.1) is 11.8 Å². The van der Waals surface area contributed by atoms with Gasteiger partial charge in [-0.1, -0.05) is 108 Å². The van der Waals surface area contributed by atoms with Crippen molar-refractivity contribution >= 4 is 0 Å². The molecule has 2 unspecified atom stereocenters. The second-order valence-electron chi connectivity index (χ2n) is 14.7. The maximum Gasteiger partial charge on any atom is 0.118 e. The first kappa shape index (κ1) is 36.8. The van der Waals surface area contributed by atoms with E-state index in [1.807, 2.05) is 0 Å². The molecule has 0 bridgehead atoms. The first-order valence-corrected chi connectivity index (χ1v) is 19.4. The SMILES string of the molecule is CCCCCCCN(Cc1ccc(OC)cc1)C1CCC(CCCCCCCN(Cc2ccc(OC)cc2)CC2CCCCC2)C1. The summed E-state index contributed by atoms with van der Waals surface area (Å²) in [6.45, 7) is 8.26. The first-order valence-electron chi connectivity index (χ1n) is 19.4. The number of ether oxygens (including phenoxy) is 2. The Labute approximate surface area is 283 Å². The van der Waals surface area contributed by atoms with Gasteiger partial charge in [0.05, 0.1) is 14.2 Å². The van der Waals surface area contributed by atoms with Gasteiger partial charge >= 0.3 is 0 Å². The highest BCUT2D eigenvalue weighted by molar-refractivity contribution is 5.28. The average Bonchev–Trinajstić information content (AvgIpc) is 3.57. The maximum absolute atomic E-state index is 5.41. The Morgan fingerprint density at radius 2 is 1.17 bits per heavy atom. The summed E-state index contributed by atoms with van der Waals surface area (Å²) in [6.07, 6.45) is 26.6. The van der Waals surface area contributed by atoms with Crippen LogP contribution in [0.4, 0.5) is 0 Å². The van der Waals surface area contributed by atoms with Gasteiger partial charge in [0.1, 0.15) is 11.5 Å². The Bertz CT molecular complexity index is 1030. The van der Waals surface area contributed by atoms with E-state index < -0.39 is 0 Å². The van der Waals surface area contributed by atoms with Gasteiger partial charge in [-0.3, -0.25) is 9.80 Å². The molecule has 4 heteroatoms. The Morgan fingerprint density at radius 3 is 1.83 bits per heavy atom. The number of unbranched alkanes of at least 4 members (excludes halogenated alkanes) is 8. The molecule has 2 aromatic rings. The summed E-state index contributed by atoms with van der Waals surface area (Å²) in [6, 6.07) is 18.3. The maximum atomic E-state index is 5.41. The van der Waals surface area contributed by atoms with Gasteiger partial charge in [0.25, 0.3) is 0 Å². The fraction of sp³-hybridized carbons (Fsp3) is 0.714. The van der Waals surface area contributed by atoms with E-state index in [-0.39, 0.29) is 0 Å². The van der Waals surface area contributed by atoms with Crippen LogP contribution < -0.4 is 9.47 Å². The van der Waals surface area contributed by atoms with E-state index in [1.54, 1.807) is 14.2 Å². The molecule has 2 saturated carbocycles. The molecule has 0 N–H and O–H groups in total. The summed E-state index contributed by atoms with van der Waals surface area (Å²) in [5, 5.41) is 0. The number of rotatable bonds is 23. The van der Waals surface area contributed by atoms with Crippen LogP contribution in [0.2, 0.25) is 0 Å². The lowest BCUT2D eigenvalue weighted by atomic mass is 9.89. The summed E-state index contributed by atoms with van der Waals surface area (Å²) < 4.78 is 10.8. The molecule has 2 aliphatic carbocycles. The van der Waals surface area contributed by atoms with Gasteiger partial charge in [-0.2, -0.15) is 0 Å². The van der Waals surface area contributed by atoms with Crippen molar-refractivity contribution in [2.24, 2.45) is 11.8 Å². The molecule has 0 saturated heterocycles. The van der Waals surface area contributed by atoms with Gasteiger partial charge in [-0.05, 0) is 105 Å². The molecule has 2 aliphatic rings. The molecule has 2 fully saturated rings. The Kier molecular flexibility index (Phi) is 17.4. The van der Waals surface area contributed by atoms with E-state index in [9.17, 15) is 0 Å². The fourth-order valence-electron chi connectivity index (χ4n) is 8.17. The number of hydrogen-bond donors (Lipinski definition) is 0. The van der Waals surface area contributed by atoms with Crippen molar-refractivity contribution in [3.8, 4) is 11.5 Å². The minimum atomic E-state index is 0.763. The highest BCUT2D eigenvalue weighted by atomic mass is 16.5. The topological polar surface area (TPSA) is 24.9 Å². The molecule has 0 spiro atoms. The summed E-state index contributed by atoms with van der Waals surface area (Å²) >= 11 is 0. The normalized spacial score (nSPS) is 18.9. The number of methoxy groups -OCH3 is 2. The van der Waals surface area contributed by atoms with E-state index in [0.29, 0.717) is 0 Å². The zero-order valence-electron chi connectivity index (χ0n) is 30.0. The third-order valence-corrected chi connectivity index (χ3v) is 11.0. The second kappa shape index (κ2) is 21.8. The van der Waals surface area contributed by atoms with Crippen LogP contribution in [0.3, 0.4) is 0 Å². The Hall–Kier alpha value is -2.04. The Morgan fingerprint density at radius 1 is 0.587 bits per heavy atom. The predicted octanol–water partition coefficient (Wildman–Crippen LogP) is 11.1. The molecule has 4 rings (SSSR count). The van der Waals surface area contributed by atoms with Crippen molar-refractivity contribution < 1.29 is 9.47 Å². The standard InChI is InChI=1S/C42H68N2O2/c1-4-5-6-9-16-31-44(35-39-23-28-42(46-3)29-24-39)40-25-20-36(32-40)17-12-8-7-10-15-30-43(33-37-18-13-11-14-19-37)34-38-21-26-41(45-2)27-22-38/h21-24,26-29,36-37,40H,4-20,25,30-35H2,1-3H3. The molecule has 0 aromatic heterocycles. The summed E-state index contributed by atoms with van der Waals surface area (Å²) in [5.74, 6) is 3.75. The zero-order chi connectivity index (χ0) is 32.2. The van der Waals surface area contributed by atoms with Crippen molar-refractivity contribution in [3.05, 3.63) is 59.7 Å². The molecular formula is C42H68N2O2. The average molecular weight is 633 g/mol. The number of hydrogen-bond acceptors (Lipinski definition) is 4. The van der Waals surface area contributed by atoms with Crippen molar-refractivity contribution in [2.75, 3.05) is 33.9 Å². The molecule has 0 amide bonds. The lowest BCUT2D eigenvalue weighted by molar-refractivity contribution is 0.180. The molecule has 2 aromatic carbocycles. The van der Waals surface area contributed by atoms with Crippen LogP contribution in [-0.4, -0.2) is 49.7 Å². The monoisotopic (exact) mass is 633 g/mol. The van der Waals surface area contributed by atoms with Crippen LogP contribution >= 0.6 is 0 Å². The molecule has 258 valence electrons. The molecular weight excluding hydrogens is 564 g/mol. The minimum Gasteiger partial charge on any atom is -0.497 e. The van der Waals surface area contributed by atoms with Gasteiger partial charge in [-0.25, -0.2) is 0 Å². The van der Waals surface area contributed by atoms with Crippen LogP contribution in [0.15, 0.2) is 48.5 Å². The van der Waals surface area contributed by atoms with Crippen LogP contribution in [0.1, 0.15) is 140 Å².